The zero-order chi connectivity index (χ0) is 13.0. The van der Waals surface area contributed by atoms with Crippen LogP contribution in [0.15, 0.2) is 12.2 Å². The summed E-state index contributed by atoms with van der Waals surface area (Å²) in [6.45, 7) is 0. The molecule has 0 aromatic carbocycles. The molecule has 2 aliphatic carbocycles. The lowest BCUT2D eigenvalue weighted by Crippen LogP contribution is -2.36. The van der Waals surface area contributed by atoms with E-state index in [4.69, 9.17) is 4.74 Å². The van der Waals surface area contributed by atoms with Crippen molar-refractivity contribution < 1.29 is 4.74 Å². The second kappa shape index (κ2) is 3.11. The van der Waals surface area contributed by atoms with Gasteiger partial charge in [-0.1, -0.05) is 12.2 Å². The zero-order valence-electron chi connectivity index (χ0n) is 9.37. The fraction of sp³-hybridized carbons (Fsp3) is 0.538. The maximum atomic E-state index is 9.27. The molecular weight excluding hydrogens is 228 g/mol. The Kier molecular flexibility index (Phi) is 1.86. The predicted molar refractivity (Wildman–Crippen MR) is 56.7 cm³/mol. The molecule has 3 rings (SSSR count). The van der Waals surface area contributed by atoms with Crippen LogP contribution in [0.4, 0.5) is 0 Å². The molecule has 2 bridgehead atoms. The molecule has 2 fully saturated rings. The Labute approximate surface area is 104 Å². The molecular formula is C13H8N4O. The molecule has 4 unspecified atom stereocenters. The molecule has 0 aromatic heterocycles. The number of ether oxygens (including phenoxy) is 1. The number of hydrogen-bond acceptors (Lipinski definition) is 5. The topological polar surface area (TPSA) is 104 Å². The Morgan fingerprint density at radius 2 is 1.22 bits per heavy atom. The third-order valence-corrected chi connectivity index (χ3v) is 4.38. The lowest BCUT2D eigenvalue weighted by molar-refractivity contribution is -0.00596. The van der Waals surface area contributed by atoms with E-state index in [1.165, 1.54) is 0 Å². The molecule has 1 heterocycles. The summed E-state index contributed by atoms with van der Waals surface area (Å²) < 4.78 is 5.40. The fourth-order valence-electron chi connectivity index (χ4n) is 3.76. The smallest absolute Gasteiger partial charge is 0.247 e. The van der Waals surface area contributed by atoms with Crippen molar-refractivity contribution in [3.05, 3.63) is 12.2 Å². The highest BCUT2D eigenvalue weighted by Gasteiger charge is 2.71. The van der Waals surface area contributed by atoms with Crippen molar-refractivity contribution in [1.82, 2.24) is 0 Å². The van der Waals surface area contributed by atoms with Crippen molar-refractivity contribution in [3.63, 3.8) is 0 Å². The minimum atomic E-state index is -1.67. The third-order valence-electron chi connectivity index (χ3n) is 4.38. The van der Waals surface area contributed by atoms with Gasteiger partial charge < -0.3 is 4.74 Å². The van der Waals surface area contributed by atoms with Crippen LogP contribution >= 0.6 is 0 Å². The third kappa shape index (κ3) is 0.925. The Morgan fingerprint density at radius 1 is 0.833 bits per heavy atom. The van der Waals surface area contributed by atoms with Crippen molar-refractivity contribution >= 4 is 0 Å². The van der Waals surface area contributed by atoms with Crippen LogP contribution in [-0.4, -0.2) is 11.2 Å². The van der Waals surface area contributed by atoms with Gasteiger partial charge in [-0.25, -0.2) is 0 Å². The van der Waals surface area contributed by atoms with E-state index in [2.05, 4.69) is 0 Å². The number of allylic oxidation sites excluding steroid dienone is 2. The molecule has 4 atom stereocenters. The molecule has 5 heteroatoms. The van der Waals surface area contributed by atoms with Gasteiger partial charge in [0.2, 0.25) is 11.2 Å². The fourth-order valence-corrected chi connectivity index (χ4v) is 3.76. The van der Waals surface area contributed by atoms with Crippen molar-refractivity contribution in [2.24, 2.45) is 23.7 Å². The molecule has 1 saturated heterocycles. The van der Waals surface area contributed by atoms with Gasteiger partial charge in [-0.2, -0.15) is 21.0 Å². The molecule has 0 amide bonds. The number of nitrogens with zero attached hydrogens (tertiary/aromatic N) is 4. The SMILES string of the molecule is N#CC1(C#N)OC(C#N)(C#N)C2C3C=CC(C3)C21. The summed E-state index contributed by atoms with van der Waals surface area (Å²) in [5, 5.41) is 37.1. The molecule has 86 valence electrons. The van der Waals surface area contributed by atoms with Crippen LogP contribution < -0.4 is 0 Å². The first-order valence-corrected chi connectivity index (χ1v) is 5.70. The van der Waals surface area contributed by atoms with Crippen LogP contribution in [0.5, 0.6) is 0 Å². The van der Waals surface area contributed by atoms with Crippen LogP contribution in [0.25, 0.3) is 0 Å². The highest BCUT2D eigenvalue weighted by atomic mass is 16.5. The Bertz CT molecular complexity index is 529. The van der Waals surface area contributed by atoms with Crippen molar-refractivity contribution in [1.29, 1.82) is 21.0 Å². The summed E-state index contributed by atoms with van der Waals surface area (Å²) in [7, 11) is 0. The van der Waals surface area contributed by atoms with Gasteiger partial charge in [0.25, 0.3) is 0 Å². The van der Waals surface area contributed by atoms with E-state index in [-0.39, 0.29) is 23.7 Å². The van der Waals surface area contributed by atoms with Gasteiger partial charge >= 0.3 is 0 Å². The molecule has 0 spiro atoms. The summed E-state index contributed by atoms with van der Waals surface area (Å²) in [6.07, 6.45) is 4.75. The van der Waals surface area contributed by atoms with Crippen LogP contribution in [0.3, 0.4) is 0 Å². The second-order valence-electron chi connectivity index (χ2n) is 5.02. The van der Waals surface area contributed by atoms with Crippen LogP contribution in [0.2, 0.25) is 0 Å². The first-order valence-electron chi connectivity index (χ1n) is 5.70. The van der Waals surface area contributed by atoms with Gasteiger partial charge in [-0.3, -0.25) is 0 Å². The quantitative estimate of drug-likeness (QED) is 0.584. The zero-order valence-corrected chi connectivity index (χ0v) is 9.37. The van der Waals surface area contributed by atoms with Crippen LogP contribution in [0, 0.1) is 69.0 Å². The van der Waals surface area contributed by atoms with E-state index in [1.807, 2.05) is 36.4 Å². The first-order chi connectivity index (χ1) is 8.66. The normalized spacial score (nSPS) is 40.2. The van der Waals surface area contributed by atoms with Gasteiger partial charge in [-0.05, 0) is 18.3 Å². The number of hydrogen-bond donors (Lipinski definition) is 0. The van der Waals surface area contributed by atoms with Gasteiger partial charge in [0, 0.05) is 11.8 Å². The summed E-state index contributed by atoms with van der Waals surface area (Å²) in [5.41, 5.74) is -3.33. The highest BCUT2D eigenvalue weighted by Crippen LogP contribution is 2.62. The van der Waals surface area contributed by atoms with E-state index < -0.39 is 11.2 Å². The van der Waals surface area contributed by atoms with Crippen LogP contribution in [-0.2, 0) is 4.74 Å². The van der Waals surface area contributed by atoms with Crippen molar-refractivity contribution in [3.8, 4) is 24.3 Å². The first kappa shape index (κ1) is 10.8. The van der Waals surface area contributed by atoms with Gasteiger partial charge in [0.15, 0.2) is 0 Å². The van der Waals surface area contributed by atoms with Crippen LogP contribution in [0.1, 0.15) is 6.42 Å². The molecule has 1 aliphatic heterocycles. The minimum absolute atomic E-state index is 0.0582. The Hall–Kier alpha value is -2.34. The largest absolute Gasteiger partial charge is 0.312 e. The maximum absolute atomic E-state index is 9.27. The number of nitriles is 4. The van der Waals surface area contributed by atoms with E-state index in [0.717, 1.165) is 6.42 Å². The molecule has 3 aliphatic rings. The lowest BCUT2D eigenvalue weighted by atomic mass is 9.71. The predicted octanol–water partition coefficient (Wildman–Crippen LogP) is 1.03. The highest BCUT2D eigenvalue weighted by molar-refractivity contribution is 5.41. The van der Waals surface area contributed by atoms with Crippen molar-refractivity contribution in [2.75, 3.05) is 0 Å². The summed E-state index contributed by atoms with van der Waals surface area (Å²) in [6, 6.07) is 7.55. The Morgan fingerprint density at radius 3 is 1.56 bits per heavy atom. The summed E-state index contributed by atoms with van der Waals surface area (Å²) in [5.74, 6) is -0.630. The molecule has 0 aromatic rings. The Balaban J connectivity index is 2.21. The maximum Gasteiger partial charge on any atom is 0.247 e. The molecule has 5 nitrogen and oxygen atoms in total. The van der Waals surface area contributed by atoms with Gasteiger partial charge in [0.1, 0.15) is 24.3 Å². The minimum Gasteiger partial charge on any atom is -0.312 e. The van der Waals surface area contributed by atoms with E-state index in [1.54, 1.807) is 0 Å². The second-order valence-corrected chi connectivity index (χ2v) is 5.02. The molecule has 0 N–H and O–H groups in total. The number of fused-ring (bicyclic) bond motifs is 5. The molecule has 18 heavy (non-hydrogen) atoms. The van der Waals surface area contributed by atoms with E-state index in [9.17, 15) is 21.0 Å². The van der Waals surface area contributed by atoms with Gasteiger partial charge in [0.05, 0.1) is 0 Å². The van der Waals surface area contributed by atoms with Crippen molar-refractivity contribution in [2.45, 2.75) is 17.6 Å². The summed E-state index contributed by atoms with van der Waals surface area (Å²) in [4.78, 5) is 0. The lowest BCUT2D eigenvalue weighted by Gasteiger charge is -2.25. The average Bonchev–Trinajstić information content (AvgIpc) is 3.09. The van der Waals surface area contributed by atoms with E-state index in [0.29, 0.717) is 0 Å². The molecule has 0 radical (unpaired) electrons. The van der Waals surface area contributed by atoms with E-state index >= 15 is 0 Å². The average molecular weight is 236 g/mol. The molecule has 1 saturated carbocycles. The van der Waals surface area contributed by atoms with Gasteiger partial charge in [-0.15, -0.1) is 0 Å². The number of rotatable bonds is 0. The standard InChI is InChI=1S/C13H8N4O/c14-4-12(5-15)10-8-1-2-9(3-8)11(10)13(6-16,7-17)18-12/h1-2,8-11H,3H2. The summed E-state index contributed by atoms with van der Waals surface area (Å²) >= 11 is 0. The monoisotopic (exact) mass is 236 g/mol.